The Bertz CT molecular complexity index is 1070. The van der Waals surface area contributed by atoms with Gasteiger partial charge in [-0.25, -0.2) is 4.39 Å². The second kappa shape index (κ2) is 8.61. The van der Waals surface area contributed by atoms with Crippen LogP contribution in [0.15, 0.2) is 28.7 Å². The Morgan fingerprint density at radius 3 is 2.27 bits per heavy atom. The maximum absolute atomic E-state index is 14.5. The van der Waals surface area contributed by atoms with Gasteiger partial charge in [0.05, 0.1) is 17.2 Å². The summed E-state index contributed by atoms with van der Waals surface area (Å²) in [6, 6.07) is 3.88. The molecule has 0 fully saturated rings. The minimum Gasteiger partial charge on any atom is -0.493 e. The van der Waals surface area contributed by atoms with E-state index in [9.17, 15) is 35.8 Å². The molecule has 0 amide bonds. The predicted molar refractivity (Wildman–Crippen MR) is 112 cm³/mol. The molecule has 3 rings (SSSR count). The van der Waals surface area contributed by atoms with Gasteiger partial charge in [-0.15, -0.1) is 0 Å². The molecule has 0 saturated carbocycles. The van der Waals surface area contributed by atoms with Crippen molar-refractivity contribution in [3.63, 3.8) is 0 Å². The first-order valence-corrected chi connectivity index (χ1v) is 10.9. The number of alkyl halides is 6. The highest BCUT2D eigenvalue weighted by Crippen LogP contribution is 2.48. The van der Waals surface area contributed by atoms with Gasteiger partial charge in [0.25, 0.3) is 0 Å². The van der Waals surface area contributed by atoms with Crippen LogP contribution in [0.4, 0.5) is 30.7 Å². The molecule has 2 aromatic rings. The summed E-state index contributed by atoms with van der Waals surface area (Å²) in [6.45, 7) is 3.23. The van der Waals surface area contributed by atoms with E-state index in [1.165, 1.54) is 13.8 Å². The van der Waals surface area contributed by atoms with E-state index >= 15 is 0 Å². The predicted octanol–water partition coefficient (Wildman–Crippen LogP) is 7.40. The number of aliphatic hydroxyl groups is 1. The second-order valence-corrected chi connectivity index (χ2v) is 10.1. The Hall–Kier alpha value is -1.52. The average molecular weight is 564 g/mol. The van der Waals surface area contributed by atoms with Crippen molar-refractivity contribution < 1.29 is 40.6 Å². The topological polar surface area (TPSA) is 29.5 Å². The summed E-state index contributed by atoms with van der Waals surface area (Å²) in [7, 11) is 0. The first kappa shape index (κ1) is 26.1. The van der Waals surface area contributed by atoms with Crippen LogP contribution in [0.5, 0.6) is 5.75 Å². The van der Waals surface area contributed by atoms with Crippen molar-refractivity contribution in [2.24, 2.45) is 0 Å². The molecular formula is C22H19BrClF7O2. The van der Waals surface area contributed by atoms with Crippen LogP contribution in [0.1, 0.15) is 42.5 Å². The number of benzene rings is 2. The molecule has 2 nitrogen and oxygen atoms in total. The van der Waals surface area contributed by atoms with Gasteiger partial charge in [-0.2, -0.15) is 26.3 Å². The van der Waals surface area contributed by atoms with E-state index in [-0.39, 0.29) is 6.07 Å². The van der Waals surface area contributed by atoms with Gasteiger partial charge in [-0.3, -0.25) is 0 Å². The van der Waals surface area contributed by atoms with Gasteiger partial charge in [0.15, 0.2) is 5.60 Å². The van der Waals surface area contributed by atoms with E-state index in [1.54, 1.807) is 12.1 Å². The van der Waals surface area contributed by atoms with Gasteiger partial charge in [0.2, 0.25) is 0 Å². The van der Waals surface area contributed by atoms with Crippen molar-refractivity contribution in [1.82, 2.24) is 0 Å². The molecule has 0 radical (unpaired) electrons. The Balaban J connectivity index is 2.06. The van der Waals surface area contributed by atoms with Gasteiger partial charge >= 0.3 is 12.4 Å². The maximum Gasteiger partial charge on any atom is 0.417 e. The van der Waals surface area contributed by atoms with Crippen molar-refractivity contribution in [2.45, 2.75) is 56.5 Å². The standard InChI is InChI=1S/C22H19BrClF7O2/c1-19(2,15-8-14(23)6-11-3-4-33-18(11)15)10-20(32,22(29,30)31)9-12-5-13(21(26,27)28)7-16(24)17(12)25/h5-8,32H,3-4,9-10H2,1-2H3. The van der Waals surface area contributed by atoms with Crippen molar-refractivity contribution in [3.8, 4) is 5.75 Å². The number of rotatable bonds is 5. The molecule has 1 heterocycles. The molecule has 33 heavy (non-hydrogen) atoms. The lowest BCUT2D eigenvalue weighted by Gasteiger charge is -2.38. The summed E-state index contributed by atoms with van der Waals surface area (Å²) in [5.41, 5.74) is -6.15. The van der Waals surface area contributed by atoms with Crippen LogP contribution >= 0.6 is 27.5 Å². The SMILES string of the molecule is CC(C)(CC(O)(Cc1cc(C(F)(F)F)cc(Cl)c1F)C(F)(F)F)c1cc(Br)cc2c1OCC2. The third kappa shape index (κ3) is 5.27. The van der Waals surface area contributed by atoms with Crippen molar-refractivity contribution >= 4 is 27.5 Å². The fraction of sp³-hybridized carbons (Fsp3) is 0.455. The van der Waals surface area contributed by atoms with Crippen molar-refractivity contribution in [3.05, 3.63) is 61.8 Å². The first-order chi connectivity index (χ1) is 14.9. The molecule has 1 unspecified atom stereocenters. The number of hydrogen-bond donors (Lipinski definition) is 1. The monoisotopic (exact) mass is 562 g/mol. The zero-order valence-corrected chi connectivity index (χ0v) is 19.7. The fourth-order valence-electron chi connectivity index (χ4n) is 4.11. The van der Waals surface area contributed by atoms with Crippen molar-refractivity contribution in [2.75, 3.05) is 6.61 Å². The average Bonchev–Trinajstić information content (AvgIpc) is 3.10. The summed E-state index contributed by atoms with van der Waals surface area (Å²) >= 11 is 8.83. The quantitative estimate of drug-likeness (QED) is 0.384. The van der Waals surface area contributed by atoms with Crippen LogP contribution in [0, 0.1) is 5.82 Å². The highest BCUT2D eigenvalue weighted by Gasteiger charge is 2.56. The molecule has 0 saturated heterocycles. The van der Waals surface area contributed by atoms with Gasteiger partial charge < -0.3 is 9.84 Å². The lowest BCUT2D eigenvalue weighted by molar-refractivity contribution is -0.266. The molecule has 1 aliphatic heterocycles. The largest absolute Gasteiger partial charge is 0.493 e. The molecule has 1 N–H and O–H groups in total. The normalized spacial score (nSPS) is 16.4. The summed E-state index contributed by atoms with van der Waals surface area (Å²) in [5.74, 6) is -1.04. The molecule has 2 aromatic carbocycles. The molecule has 11 heteroatoms. The van der Waals surface area contributed by atoms with Crippen LogP contribution < -0.4 is 4.74 Å². The van der Waals surface area contributed by atoms with Crippen molar-refractivity contribution in [1.29, 1.82) is 0 Å². The smallest absolute Gasteiger partial charge is 0.417 e. The first-order valence-electron chi connectivity index (χ1n) is 9.74. The minimum absolute atomic E-state index is 0.241. The third-order valence-electron chi connectivity index (χ3n) is 5.65. The molecule has 1 atom stereocenters. The van der Waals surface area contributed by atoms with Crippen LogP contribution in [-0.2, 0) is 24.4 Å². The molecule has 0 aromatic heterocycles. The van der Waals surface area contributed by atoms with Gasteiger partial charge in [-0.05, 0) is 47.2 Å². The lowest BCUT2D eigenvalue weighted by atomic mass is 9.72. The molecule has 0 bridgehead atoms. The Kier molecular flexibility index (Phi) is 6.80. The molecule has 182 valence electrons. The summed E-state index contributed by atoms with van der Waals surface area (Å²) < 4.78 is 102. The van der Waals surface area contributed by atoms with Crippen LogP contribution in [0.25, 0.3) is 0 Å². The van der Waals surface area contributed by atoms with E-state index in [2.05, 4.69) is 15.9 Å². The number of hydrogen-bond acceptors (Lipinski definition) is 2. The lowest BCUT2D eigenvalue weighted by Crippen LogP contribution is -2.51. The number of halogens is 9. The number of fused-ring (bicyclic) bond motifs is 1. The second-order valence-electron chi connectivity index (χ2n) is 8.74. The van der Waals surface area contributed by atoms with E-state index in [0.29, 0.717) is 34.9 Å². The van der Waals surface area contributed by atoms with E-state index in [4.69, 9.17) is 16.3 Å². The van der Waals surface area contributed by atoms with Crippen LogP contribution in [-0.4, -0.2) is 23.5 Å². The van der Waals surface area contributed by atoms with Gasteiger partial charge in [0.1, 0.15) is 11.6 Å². The summed E-state index contributed by atoms with van der Waals surface area (Å²) in [4.78, 5) is 0. The summed E-state index contributed by atoms with van der Waals surface area (Å²) in [5, 5.41) is 9.77. The Morgan fingerprint density at radius 1 is 1.06 bits per heavy atom. The minimum atomic E-state index is -5.28. The Morgan fingerprint density at radius 2 is 1.70 bits per heavy atom. The van der Waals surface area contributed by atoms with Gasteiger partial charge in [-0.1, -0.05) is 41.4 Å². The van der Waals surface area contributed by atoms with E-state index in [0.717, 1.165) is 5.56 Å². The molecular weight excluding hydrogens is 545 g/mol. The third-order valence-corrected chi connectivity index (χ3v) is 6.39. The van der Waals surface area contributed by atoms with E-state index < -0.39 is 58.2 Å². The zero-order valence-electron chi connectivity index (χ0n) is 17.4. The highest BCUT2D eigenvalue weighted by atomic mass is 79.9. The highest BCUT2D eigenvalue weighted by molar-refractivity contribution is 9.10. The summed E-state index contributed by atoms with van der Waals surface area (Å²) in [6.07, 6.45) is -12.1. The number of ether oxygens (including phenoxy) is 1. The van der Waals surface area contributed by atoms with Gasteiger partial charge in [0, 0.05) is 22.9 Å². The zero-order chi connectivity index (χ0) is 25.0. The molecule has 1 aliphatic rings. The molecule has 0 aliphatic carbocycles. The fourth-order valence-corrected chi connectivity index (χ4v) is 4.86. The van der Waals surface area contributed by atoms with E-state index in [1.807, 2.05) is 0 Å². The van der Waals surface area contributed by atoms with Crippen LogP contribution in [0.2, 0.25) is 5.02 Å². The van der Waals surface area contributed by atoms with Crippen LogP contribution in [0.3, 0.4) is 0 Å². The molecule has 0 spiro atoms. The maximum atomic E-state index is 14.5. The Labute approximate surface area is 198 Å².